The summed E-state index contributed by atoms with van der Waals surface area (Å²) < 4.78 is 13.4. The van der Waals surface area contributed by atoms with Gasteiger partial charge in [0, 0.05) is 6.54 Å². The van der Waals surface area contributed by atoms with Gasteiger partial charge in [-0.3, -0.25) is 4.99 Å². The molecule has 156 valence electrons. The van der Waals surface area contributed by atoms with Crippen LogP contribution in [0.4, 0.5) is 0 Å². The van der Waals surface area contributed by atoms with E-state index in [1.807, 2.05) is 38.1 Å². The second kappa shape index (κ2) is 8.70. The van der Waals surface area contributed by atoms with Crippen molar-refractivity contribution in [2.45, 2.75) is 56.8 Å². The van der Waals surface area contributed by atoms with E-state index in [2.05, 4.69) is 20.6 Å². The van der Waals surface area contributed by atoms with Crippen molar-refractivity contribution < 1.29 is 19.7 Å². The Morgan fingerprint density at radius 2 is 2.21 bits per heavy atom. The Balaban J connectivity index is 1.36. The molecule has 5 unspecified atom stereocenters. The number of aliphatic hydroxyl groups excluding tert-OH is 2. The van der Waals surface area contributed by atoms with E-state index in [0.29, 0.717) is 18.8 Å². The average molecular weight is 420 g/mol. The molecule has 4 rings (SSSR count). The number of ether oxygens (including phenoxy) is 2. The van der Waals surface area contributed by atoms with Gasteiger partial charge in [-0.25, -0.2) is 4.68 Å². The Bertz CT molecular complexity index is 876. The van der Waals surface area contributed by atoms with E-state index in [4.69, 9.17) is 9.47 Å². The molecule has 29 heavy (non-hydrogen) atoms. The third-order valence-corrected chi connectivity index (χ3v) is 5.96. The van der Waals surface area contributed by atoms with Gasteiger partial charge in [-0.05, 0) is 31.5 Å². The first kappa shape index (κ1) is 20.1. The van der Waals surface area contributed by atoms with E-state index in [9.17, 15) is 10.2 Å². The highest BCUT2D eigenvalue weighted by Gasteiger charge is 2.49. The van der Waals surface area contributed by atoms with Gasteiger partial charge in [0.25, 0.3) is 0 Å². The van der Waals surface area contributed by atoms with Gasteiger partial charge in [0.2, 0.25) is 0 Å². The Morgan fingerprint density at radius 1 is 1.34 bits per heavy atom. The molecule has 5 atom stereocenters. The number of amidine groups is 1. The number of nitrogens with one attached hydrogen (secondary N) is 1. The number of fused-ring (bicyclic) bond motifs is 1. The van der Waals surface area contributed by atoms with Gasteiger partial charge in [-0.15, -0.1) is 5.10 Å². The van der Waals surface area contributed by atoms with Crippen LogP contribution < -0.4 is 10.1 Å². The van der Waals surface area contributed by atoms with Crippen LogP contribution >= 0.6 is 11.8 Å². The lowest BCUT2D eigenvalue weighted by atomic mass is 9.98. The van der Waals surface area contributed by atoms with Gasteiger partial charge < -0.3 is 25.0 Å². The van der Waals surface area contributed by atoms with Crippen LogP contribution in [0.3, 0.4) is 0 Å². The van der Waals surface area contributed by atoms with Crippen molar-refractivity contribution in [2.24, 2.45) is 4.99 Å². The number of thioether (sulfide) groups is 1. The monoisotopic (exact) mass is 419 g/mol. The number of aromatic nitrogens is 3. The molecular weight excluding hydrogens is 394 g/mol. The zero-order chi connectivity index (χ0) is 20.4. The summed E-state index contributed by atoms with van der Waals surface area (Å²) in [6.07, 6.45) is -0.840. The number of aliphatic imine (C=N–C) groups is 1. The maximum Gasteiger partial charge on any atom is 0.159 e. The van der Waals surface area contributed by atoms with E-state index in [0.717, 1.165) is 16.5 Å². The van der Waals surface area contributed by atoms with Crippen molar-refractivity contribution >= 4 is 16.9 Å². The van der Waals surface area contributed by atoms with Gasteiger partial charge in [0.1, 0.15) is 41.8 Å². The number of nitrogens with zero attached hydrogens (tertiary/aromatic N) is 4. The van der Waals surface area contributed by atoms with Crippen LogP contribution in [-0.2, 0) is 17.9 Å². The minimum Gasteiger partial charge on any atom is -0.487 e. The van der Waals surface area contributed by atoms with E-state index < -0.39 is 18.3 Å². The average Bonchev–Trinajstić information content (AvgIpc) is 3.31. The Hall–Kier alpha value is -2.14. The number of benzene rings is 1. The van der Waals surface area contributed by atoms with Crippen molar-refractivity contribution in [3.05, 3.63) is 41.7 Å². The van der Waals surface area contributed by atoms with Crippen LogP contribution in [-0.4, -0.2) is 66.7 Å². The first-order chi connectivity index (χ1) is 14.0. The van der Waals surface area contributed by atoms with Crippen molar-refractivity contribution in [1.29, 1.82) is 0 Å². The first-order valence-corrected chi connectivity index (χ1v) is 10.5. The van der Waals surface area contributed by atoms with Crippen LogP contribution in [0.2, 0.25) is 0 Å². The number of rotatable bonds is 6. The number of hydrogen-bond donors (Lipinski definition) is 3. The minimum absolute atomic E-state index is 0.277. The molecule has 0 aliphatic carbocycles. The molecule has 1 aromatic heterocycles. The summed E-state index contributed by atoms with van der Waals surface area (Å²) in [7, 11) is 0. The van der Waals surface area contributed by atoms with E-state index in [-0.39, 0.29) is 18.0 Å². The molecule has 0 radical (unpaired) electrons. The maximum atomic E-state index is 10.5. The molecule has 9 nitrogen and oxygen atoms in total. The molecule has 2 saturated heterocycles. The zero-order valence-electron chi connectivity index (χ0n) is 16.3. The quantitative estimate of drug-likeness (QED) is 0.627. The lowest BCUT2D eigenvalue weighted by Gasteiger charge is -2.38. The van der Waals surface area contributed by atoms with E-state index >= 15 is 0 Å². The fourth-order valence-corrected chi connectivity index (χ4v) is 4.59. The third-order valence-electron chi connectivity index (χ3n) is 4.85. The standard InChI is InChI=1S/C19H25N5O4S/c1-3-20-19-21-15-17(26)16(25)14(28-18(15)29-19)9-24-8-12(22-23-24)10-27-13-6-4-5-11(2)7-13/h4-8,14-18,25-26H,3,9-10H2,1-2H3,(H,20,21). The second-order valence-electron chi connectivity index (χ2n) is 7.13. The normalized spacial score (nSPS) is 30.2. The third kappa shape index (κ3) is 4.55. The number of hydrogen-bond acceptors (Lipinski definition) is 8. The summed E-state index contributed by atoms with van der Waals surface area (Å²) in [5, 5.41) is 33.1. The molecule has 2 aliphatic heterocycles. The highest BCUT2D eigenvalue weighted by Crippen LogP contribution is 2.34. The molecule has 3 N–H and O–H groups in total. The van der Waals surface area contributed by atoms with Gasteiger partial charge >= 0.3 is 0 Å². The first-order valence-electron chi connectivity index (χ1n) is 9.61. The van der Waals surface area contributed by atoms with Crippen molar-refractivity contribution in [2.75, 3.05) is 6.54 Å². The smallest absolute Gasteiger partial charge is 0.159 e. The molecule has 2 fully saturated rings. The number of aryl methyl sites for hydroxylation is 1. The predicted molar refractivity (Wildman–Crippen MR) is 109 cm³/mol. The molecule has 2 aromatic rings. The van der Waals surface area contributed by atoms with Crippen LogP contribution in [0.15, 0.2) is 35.5 Å². The molecule has 3 heterocycles. The fourth-order valence-electron chi connectivity index (χ4n) is 3.39. The predicted octanol–water partition coefficient (Wildman–Crippen LogP) is 0.693. The summed E-state index contributed by atoms with van der Waals surface area (Å²) >= 11 is 1.43. The summed E-state index contributed by atoms with van der Waals surface area (Å²) in [6.45, 7) is 5.16. The summed E-state index contributed by atoms with van der Waals surface area (Å²) in [5.74, 6) is 0.773. The lowest BCUT2D eigenvalue weighted by Crippen LogP contribution is -2.59. The topological polar surface area (TPSA) is 114 Å². The summed E-state index contributed by atoms with van der Waals surface area (Å²) in [6, 6.07) is 7.41. The van der Waals surface area contributed by atoms with Gasteiger partial charge in [0.05, 0.1) is 18.8 Å². The minimum atomic E-state index is -1.04. The lowest BCUT2D eigenvalue weighted by molar-refractivity contribution is -0.160. The second-order valence-corrected chi connectivity index (χ2v) is 8.22. The SMILES string of the molecule is CCN=C1NC2C(OC(Cn3cc(COc4cccc(C)c4)nn3)C(O)C2O)S1. The molecule has 10 heteroatoms. The van der Waals surface area contributed by atoms with Gasteiger partial charge in [-0.2, -0.15) is 0 Å². The molecule has 0 spiro atoms. The fraction of sp³-hybridized carbons (Fsp3) is 0.526. The van der Waals surface area contributed by atoms with Crippen LogP contribution in [0, 0.1) is 6.92 Å². The summed E-state index contributed by atoms with van der Waals surface area (Å²) in [4.78, 5) is 4.32. The molecule has 0 bridgehead atoms. The van der Waals surface area contributed by atoms with Gasteiger partial charge in [0.15, 0.2) is 5.17 Å². The van der Waals surface area contributed by atoms with Gasteiger partial charge in [-0.1, -0.05) is 29.1 Å². The molecule has 2 aliphatic rings. The zero-order valence-corrected chi connectivity index (χ0v) is 17.1. The van der Waals surface area contributed by atoms with E-state index in [1.165, 1.54) is 11.8 Å². The van der Waals surface area contributed by atoms with Crippen LogP contribution in [0.1, 0.15) is 18.2 Å². The highest BCUT2D eigenvalue weighted by molar-refractivity contribution is 8.14. The molecular formula is C19H25N5O4S. The summed E-state index contributed by atoms with van der Waals surface area (Å²) in [5.41, 5.74) is 1.48. The molecule has 1 aromatic carbocycles. The Morgan fingerprint density at radius 3 is 3.00 bits per heavy atom. The van der Waals surface area contributed by atoms with Crippen molar-refractivity contribution in [3.63, 3.8) is 0 Å². The van der Waals surface area contributed by atoms with Crippen molar-refractivity contribution in [1.82, 2.24) is 20.3 Å². The van der Waals surface area contributed by atoms with Crippen LogP contribution in [0.5, 0.6) is 5.75 Å². The Kier molecular flexibility index (Phi) is 6.04. The molecule has 0 saturated carbocycles. The highest BCUT2D eigenvalue weighted by atomic mass is 32.2. The Labute approximate surface area is 173 Å². The molecule has 0 amide bonds. The maximum absolute atomic E-state index is 10.5. The van der Waals surface area contributed by atoms with Crippen LogP contribution in [0.25, 0.3) is 0 Å². The van der Waals surface area contributed by atoms with E-state index in [1.54, 1.807) is 10.9 Å². The number of aliphatic hydroxyl groups is 2. The largest absolute Gasteiger partial charge is 0.487 e. The van der Waals surface area contributed by atoms with Crippen molar-refractivity contribution in [3.8, 4) is 5.75 Å².